The predicted molar refractivity (Wildman–Crippen MR) is 111 cm³/mol. The summed E-state index contributed by atoms with van der Waals surface area (Å²) in [7, 11) is 0. The summed E-state index contributed by atoms with van der Waals surface area (Å²) in [5.74, 6) is -0.440. The summed E-state index contributed by atoms with van der Waals surface area (Å²) in [6, 6.07) is 5.02. The fourth-order valence-electron chi connectivity index (χ4n) is 2.87. The van der Waals surface area contributed by atoms with Gasteiger partial charge in [-0.2, -0.15) is 5.10 Å². The predicted octanol–water partition coefficient (Wildman–Crippen LogP) is 4.22. The summed E-state index contributed by atoms with van der Waals surface area (Å²) in [6.45, 7) is 0. The average molecular weight is 514 g/mol. The highest BCUT2D eigenvalue weighted by atomic mass is 79.9. The molecule has 1 amide bonds. The number of amides is 1. The van der Waals surface area contributed by atoms with E-state index in [1.807, 2.05) is 0 Å². The van der Waals surface area contributed by atoms with E-state index in [0.717, 1.165) is 12.1 Å². The van der Waals surface area contributed by atoms with E-state index < -0.39 is 23.6 Å². The van der Waals surface area contributed by atoms with Gasteiger partial charge in [-0.25, -0.2) is 4.98 Å². The van der Waals surface area contributed by atoms with E-state index >= 15 is 0 Å². The van der Waals surface area contributed by atoms with Crippen molar-refractivity contribution in [2.24, 2.45) is 0 Å². The maximum atomic E-state index is 12.5. The number of benzene rings is 1. The van der Waals surface area contributed by atoms with Crippen molar-refractivity contribution in [2.45, 2.75) is 12.8 Å². The maximum Gasteiger partial charge on any atom is 0.573 e. The first-order valence-corrected chi connectivity index (χ1v) is 10.2. The molecule has 0 aliphatic carbocycles. The van der Waals surface area contributed by atoms with Crippen molar-refractivity contribution in [1.82, 2.24) is 20.2 Å². The number of rotatable bonds is 5. The lowest BCUT2D eigenvalue weighted by Gasteiger charge is -2.10. The lowest BCUT2D eigenvalue weighted by molar-refractivity contribution is -0.274. The number of fused-ring (bicyclic) bond motifs is 1. The highest BCUT2D eigenvalue weighted by molar-refractivity contribution is 9.10. The molecule has 0 aliphatic heterocycles. The molecular weight excluding hydrogens is 503 g/mol. The minimum absolute atomic E-state index is 0.158. The number of thiophene rings is 1. The zero-order chi connectivity index (χ0) is 22.2. The Morgan fingerprint density at radius 2 is 2.10 bits per heavy atom. The summed E-state index contributed by atoms with van der Waals surface area (Å²) >= 11 is 4.66. The number of aromatic amines is 2. The normalized spacial score (nSPS) is 11.6. The smallest absolute Gasteiger partial charge is 0.406 e. The second-order valence-electron chi connectivity index (χ2n) is 6.27. The van der Waals surface area contributed by atoms with Crippen LogP contribution in [-0.2, 0) is 11.2 Å². The molecule has 8 nitrogen and oxygen atoms in total. The van der Waals surface area contributed by atoms with Gasteiger partial charge >= 0.3 is 6.36 Å². The molecule has 3 N–H and O–H groups in total. The lowest BCUT2D eigenvalue weighted by atomic mass is 10.1. The fourth-order valence-corrected chi connectivity index (χ4v) is 4.51. The fraction of sp³-hybridized carbons (Fsp3) is 0.111. The third kappa shape index (κ3) is 4.77. The van der Waals surface area contributed by atoms with E-state index in [1.165, 1.54) is 29.8 Å². The van der Waals surface area contributed by atoms with Gasteiger partial charge in [0, 0.05) is 21.5 Å². The van der Waals surface area contributed by atoms with Crippen molar-refractivity contribution in [3.05, 3.63) is 56.4 Å². The Balaban J connectivity index is 1.55. The number of aromatic nitrogens is 4. The van der Waals surface area contributed by atoms with E-state index in [1.54, 1.807) is 5.38 Å². The van der Waals surface area contributed by atoms with Crippen molar-refractivity contribution in [3.63, 3.8) is 0 Å². The molecular formula is C18H11BrF3N5O3S. The Bertz CT molecular complexity index is 1320. The number of H-pyrrole nitrogens is 2. The molecule has 0 fully saturated rings. The molecule has 4 rings (SSSR count). The first-order valence-electron chi connectivity index (χ1n) is 8.54. The highest BCUT2D eigenvalue weighted by Gasteiger charge is 2.31. The van der Waals surface area contributed by atoms with Gasteiger partial charge in [0.05, 0.1) is 17.5 Å². The van der Waals surface area contributed by atoms with Crippen molar-refractivity contribution >= 4 is 49.1 Å². The third-order valence-electron chi connectivity index (χ3n) is 4.13. The second-order valence-corrected chi connectivity index (χ2v) is 8.00. The Labute approximate surface area is 183 Å². The number of nitrogens with one attached hydrogen (secondary N) is 3. The molecule has 0 saturated heterocycles. The van der Waals surface area contributed by atoms with Gasteiger partial charge in [0.2, 0.25) is 5.91 Å². The number of ether oxygens (including phenoxy) is 1. The van der Waals surface area contributed by atoms with E-state index in [0.29, 0.717) is 26.2 Å². The molecule has 0 saturated carbocycles. The van der Waals surface area contributed by atoms with Crippen LogP contribution in [0.1, 0.15) is 5.56 Å². The molecule has 3 aromatic heterocycles. The molecule has 0 aliphatic rings. The molecule has 0 bridgehead atoms. The van der Waals surface area contributed by atoms with Crippen LogP contribution in [0.4, 0.5) is 18.2 Å². The number of halogens is 4. The maximum absolute atomic E-state index is 12.5. The number of carbonyl (C=O) groups excluding carboxylic acids is 1. The van der Waals surface area contributed by atoms with Gasteiger partial charge in [-0.05, 0) is 39.5 Å². The Morgan fingerprint density at radius 3 is 2.81 bits per heavy atom. The minimum Gasteiger partial charge on any atom is -0.406 e. The number of carbonyl (C=O) groups is 1. The van der Waals surface area contributed by atoms with Gasteiger partial charge in [-0.1, -0.05) is 0 Å². The first-order chi connectivity index (χ1) is 14.7. The number of anilines is 1. The Hall–Kier alpha value is -3.19. The Kier molecular flexibility index (Phi) is 5.54. The van der Waals surface area contributed by atoms with E-state index in [-0.39, 0.29) is 17.5 Å². The first kappa shape index (κ1) is 21.1. The second kappa shape index (κ2) is 8.15. The lowest BCUT2D eigenvalue weighted by Crippen LogP contribution is -2.21. The standard InChI is InChI=1S/C18H11BrF3N5O3S/c19-11-6-31-17(14(11)15-23-7-24-27-15)26-13(28)4-9-3-8-1-2-10(30-18(20,21)22)5-12(8)25-16(9)29/h1-3,5-7H,4H2,(H,25,29)(H,26,28)(H,23,24,27). The van der Waals surface area contributed by atoms with Crippen LogP contribution in [0.25, 0.3) is 22.3 Å². The van der Waals surface area contributed by atoms with Crippen molar-refractivity contribution in [1.29, 1.82) is 0 Å². The largest absolute Gasteiger partial charge is 0.573 e. The highest BCUT2D eigenvalue weighted by Crippen LogP contribution is 2.38. The van der Waals surface area contributed by atoms with Gasteiger partial charge in [-0.3, -0.25) is 14.7 Å². The van der Waals surface area contributed by atoms with Crippen LogP contribution in [0, 0.1) is 0 Å². The molecule has 1 aromatic carbocycles. The van der Waals surface area contributed by atoms with E-state index in [4.69, 9.17) is 0 Å². The van der Waals surface area contributed by atoms with Gasteiger partial charge in [0.25, 0.3) is 5.56 Å². The van der Waals surface area contributed by atoms with Crippen molar-refractivity contribution in [3.8, 4) is 17.1 Å². The molecule has 0 radical (unpaired) electrons. The monoisotopic (exact) mass is 513 g/mol. The van der Waals surface area contributed by atoms with Crippen LogP contribution in [0.15, 0.2) is 45.2 Å². The number of pyridine rings is 1. The Morgan fingerprint density at radius 1 is 1.29 bits per heavy atom. The van der Waals surface area contributed by atoms with Crippen LogP contribution in [0.3, 0.4) is 0 Å². The van der Waals surface area contributed by atoms with Crippen LogP contribution in [-0.4, -0.2) is 32.4 Å². The van der Waals surface area contributed by atoms with Gasteiger partial charge < -0.3 is 15.0 Å². The van der Waals surface area contributed by atoms with Crippen LogP contribution >= 0.6 is 27.3 Å². The summed E-state index contributed by atoms with van der Waals surface area (Å²) in [5.41, 5.74) is 0.354. The zero-order valence-electron chi connectivity index (χ0n) is 15.2. The van der Waals surface area contributed by atoms with Gasteiger partial charge in [0.1, 0.15) is 17.1 Å². The summed E-state index contributed by atoms with van der Waals surface area (Å²) in [4.78, 5) is 31.4. The zero-order valence-corrected chi connectivity index (χ0v) is 17.6. The molecule has 4 aromatic rings. The summed E-state index contributed by atoms with van der Waals surface area (Å²) in [6.07, 6.45) is -3.74. The molecule has 160 valence electrons. The topological polar surface area (TPSA) is 113 Å². The molecule has 0 unspecified atom stereocenters. The van der Waals surface area contributed by atoms with Crippen molar-refractivity contribution in [2.75, 3.05) is 5.32 Å². The number of nitrogens with zero attached hydrogens (tertiary/aromatic N) is 2. The SMILES string of the molecule is O=C(Cc1cc2ccc(OC(F)(F)F)cc2[nH]c1=O)Nc1scc(Br)c1-c1ncn[nH]1. The third-order valence-corrected chi connectivity index (χ3v) is 5.95. The minimum atomic E-state index is -4.84. The van der Waals surface area contributed by atoms with E-state index in [9.17, 15) is 22.8 Å². The van der Waals surface area contributed by atoms with Gasteiger partial charge in [-0.15, -0.1) is 24.5 Å². The molecule has 0 atom stereocenters. The van der Waals surface area contributed by atoms with Gasteiger partial charge in [0.15, 0.2) is 5.82 Å². The number of hydrogen-bond donors (Lipinski definition) is 3. The van der Waals surface area contributed by atoms with Crippen molar-refractivity contribution < 1.29 is 22.7 Å². The molecule has 13 heteroatoms. The molecule has 31 heavy (non-hydrogen) atoms. The molecule has 3 heterocycles. The molecule has 0 spiro atoms. The van der Waals surface area contributed by atoms with Crippen LogP contribution in [0.2, 0.25) is 0 Å². The van der Waals surface area contributed by atoms with Crippen LogP contribution < -0.4 is 15.6 Å². The number of hydrogen-bond acceptors (Lipinski definition) is 6. The summed E-state index contributed by atoms with van der Waals surface area (Å²) < 4.78 is 41.7. The van der Waals surface area contributed by atoms with Crippen LogP contribution in [0.5, 0.6) is 5.75 Å². The average Bonchev–Trinajstić information content (AvgIpc) is 3.31. The summed E-state index contributed by atoms with van der Waals surface area (Å²) in [5, 5.41) is 12.0. The number of alkyl halides is 3. The quantitative estimate of drug-likeness (QED) is 0.369. The van der Waals surface area contributed by atoms with E-state index in [2.05, 4.69) is 46.1 Å².